The van der Waals surface area contributed by atoms with E-state index in [1.165, 1.54) is 0 Å². The summed E-state index contributed by atoms with van der Waals surface area (Å²) in [7, 11) is 0. The van der Waals surface area contributed by atoms with E-state index in [-0.39, 0.29) is 19.2 Å². The number of carboxylic acids is 4. The topological polar surface area (TPSA) is 192 Å². The first-order valence-electron chi connectivity index (χ1n) is 5.52. The van der Waals surface area contributed by atoms with E-state index in [0.717, 1.165) is 9.80 Å². The second-order valence-corrected chi connectivity index (χ2v) is 4.00. The molecule has 0 bridgehead atoms. The van der Waals surface area contributed by atoms with Gasteiger partial charge in [0, 0.05) is 13.1 Å². The van der Waals surface area contributed by atoms with Gasteiger partial charge in [-0.25, -0.2) is 0 Å². The third-order valence-electron chi connectivity index (χ3n) is 2.17. The van der Waals surface area contributed by atoms with Crippen LogP contribution in [0.5, 0.6) is 0 Å². The number of carbonyl (C=O) groups is 4. The lowest BCUT2D eigenvalue weighted by Gasteiger charge is -2.23. The van der Waals surface area contributed by atoms with Gasteiger partial charge in [0.1, 0.15) is 0 Å². The number of aliphatic carboxylic acids is 4. The van der Waals surface area contributed by atoms with Crippen LogP contribution in [0.4, 0.5) is 0 Å². The molecular formula is C10H20N3O8+. The average molecular weight is 310 g/mol. The normalized spacial score (nSPS) is 10.2. The Morgan fingerprint density at radius 1 is 0.571 bits per heavy atom. The van der Waals surface area contributed by atoms with Gasteiger partial charge in [-0.1, -0.05) is 0 Å². The van der Waals surface area contributed by atoms with Crippen molar-refractivity contribution in [3.05, 3.63) is 0 Å². The summed E-state index contributed by atoms with van der Waals surface area (Å²) in [6, 6.07) is 0. The minimum atomic E-state index is -1.23. The van der Waals surface area contributed by atoms with Crippen molar-refractivity contribution in [3.8, 4) is 0 Å². The summed E-state index contributed by atoms with van der Waals surface area (Å²) >= 11 is 0. The van der Waals surface area contributed by atoms with Crippen molar-refractivity contribution in [2.24, 2.45) is 0 Å². The molecule has 0 amide bonds. The lowest BCUT2D eigenvalue weighted by molar-refractivity contribution is -0.145. The van der Waals surface area contributed by atoms with Gasteiger partial charge in [-0.2, -0.15) is 0 Å². The zero-order valence-electron chi connectivity index (χ0n) is 11.6. The van der Waals surface area contributed by atoms with Crippen LogP contribution in [0.2, 0.25) is 0 Å². The SMILES string of the molecule is O=C(O)CN(CCN(CC(=O)O)CC(=O)O)CC(=O)O.[NH4+]. The van der Waals surface area contributed by atoms with Crippen LogP contribution in [0, 0.1) is 0 Å². The fourth-order valence-electron chi connectivity index (χ4n) is 1.48. The molecule has 8 N–H and O–H groups in total. The highest BCUT2D eigenvalue weighted by atomic mass is 16.4. The summed E-state index contributed by atoms with van der Waals surface area (Å²) < 4.78 is 0. The van der Waals surface area contributed by atoms with Crippen LogP contribution in [0.1, 0.15) is 0 Å². The molecule has 0 rings (SSSR count). The molecule has 0 aromatic carbocycles. The Labute approximate surface area is 120 Å². The Hall–Kier alpha value is -2.24. The van der Waals surface area contributed by atoms with E-state index in [0.29, 0.717) is 0 Å². The Balaban J connectivity index is 0. The molecule has 0 saturated carbocycles. The minimum Gasteiger partial charge on any atom is -0.480 e. The van der Waals surface area contributed by atoms with E-state index in [2.05, 4.69) is 0 Å². The molecule has 0 heterocycles. The van der Waals surface area contributed by atoms with E-state index < -0.39 is 50.1 Å². The summed E-state index contributed by atoms with van der Waals surface area (Å²) in [5.41, 5.74) is 0. The molecule has 0 saturated heterocycles. The highest BCUT2D eigenvalue weighted by Crippen LogP contribution is 1.94. The fraction of sp³-hybridized carbons (Fsp3) is 0.600. The molecule has 11 heteroatoms. The van der Waals surface area contributed by atoms with Crippen molar-refractivity contribution in [1.29, 1.82) is 0 Å². The summed E-state index contributed by atoms with van der Waals surface area (Å²) in [6.45, 7) is -2.25. The number of quaternary nitrogens is 1. The molecule has 11 nitrogen and oxygen atoms in total. The Morgan fingerprint density at radius 2 is 0.762 bits per heavy atom. The first-order chi connectivity index (χ1) is 9.20. The van der Waals surface area contributed by atoms with Crippen molar-refractivity contribution in [1.82, 2.24) is 16.0 Å². The number of hydrogen-bond acceptors (Lipinski definition) is 6. The molecule has 0 radical (unpaired) electrons. The second kappa shape index (κ2) is 10.5. The van der Waals surface area contributed by atoms with Gasteiger partial charge >= 0.3 is 23.9 Å². The zero-order valence-corrected chi connectivity index (χ0v) is 11.6. The second-order valence-electron chi connectivity index (χ2n) is 4.00. The zero-order chi connectivity index (χ0) is 15.7. The number of hydrogen-bond donors (Lipinski definition) is 5. The van der Waals surface area contributed by atoms with Gasteiger partial charge in [0.15, 0.2) is 0 Å². The van der Waals surface area contributed by atoms with Gasteiger partial charge in [0.2, 0.25) is 0 Å². The monoisotopic (exact) mass is 310 g/mol. The van der Waals surface area contributed by atoms with E-state index >= 15 is 0 Å². The highest BCUT2D eigenvalue weighted by Gasteiger charge is 2.17. The molecule has 0 spiro atoms. The van der Waals surface area contributed by atoms with Crippen LogP contribution in [-0.2, 0) is 19.2 Å². The maximum Gasteiger partial charge on any atom is 0.317 e. The predicted octanol–water partition coefficient (Wildman–Crippen LogP) is -1.69. The molecule has 0 aliphatic rings. The highest BCUT2D eigenvalue weighted by molar-refractivity contribution is 5.73. The fourth-order valence-corrected chi connectivity index (χ4v) is 1.48. The Kier molecular flexibility index (Phi) is 10.6. The van der Waals surface area contributed by atoms with Crippen LogP contribution in [0.3, 0.4) is 0 Å². The Bertz CT molecular complexity index is 318. The van der Waals surface area contributed by atoms with Gasteiger partial charge < -0.3 is 26.6 Å². The Morgan fingerprint density at radius 3 is 0.905 bits per heavy atom. The molecular weight excluding hydrogens is 290 g/mol. The lowest BCUT2D eigenvalue weighted by atomic mass is 10.4. The number of rotatable bonds is 11. The largest absolute Gasteiger partial charge is 0.480 e. The third-order valence-corrected chi connectivity index (χ3v) is 2.17. The summed E-state index contributed by atoms with van der Waals surface area (Å²) in [5.74, 6) is -4.91. The van der Waals surface area contributed by atoms with Gasteiger partial charge in [-0.05, 0) is 0 Å². The van der Waals surface area contributed by atoms with Crippen molar-refractivity contribution < 1.29 is 39.6 Å². The van der Waals surface area contributed by atoms with Crippen LogP contribution >= 0.6 is 0 Å². The molecule has 0 unspecified atom stereocenters. The van der Waals surface area contributed by atoms with E-state index in [1.54, 1.807) is 0 Å². The predicted molar refractivity (Wildman–Crippen MR) is 69.4 cm³/mol. The van der Waals surface area contributed by atoms with E-state index in [4.69, 9.17) is 20.4 Å². The smallest absolute Gasteiger partial charge is 0.317 e. The molecule has 21 heavy (non-hydrogen) atoms. The maximum absolute atomic E-state index is 10.6. The van der Waals surface area contributed by atoms with E-state index in [9.17, 15) is 19.2 Å². The van der Waals surface area contributed by atoms with Crippen molar-refractivity contribution >= 4 is 23.9 Å². The molecule has 122 valence electrons. The standard InChI is InChI=1S/C10H16N2O8.H3N/c13-7(14)3-11(4-8(15)16)1-2-12(5-9(17)18)6-10(19)20;/h1-6H2,(H,13,14)(H,15,16)(H,17,18)(H,19,20);1H3/p+1. The van der Waals surface area contributed by atoms with Gasteiger partial charge in [0.25, 0.3) is 0 Å². The van der Waals surface area contributed by atoms with Gasteiger partial charge in [-0.3, -0.25) is 29.0 Å². The van der Waals surface area contributed by atoms with Gasteiger partial charge in [-0.15, -0.1) is 0 Å². The van der Waals surface area contributed by atoms with Crippen molar-refractivity contribution in [2.45, 2.75) is 0 Å². The molecule has 0 aliphatic heterocycles. The first-order valence-corrected chi connectivity index (χ1v) is 5.52. The summed E-state index contributed by atoms with van der Waals surface area (Å²) in [4.78, 5) is 44.4. The molecule has 0 aliphatic carbocycles. The van der Waals surface area contributed by atoms with Crippen molar-refractivity contribution in [2.75, 3.05) is 39.3 Å². The maximum atomic E-state index is 10.6. The third kappa shape index (κ3) is 12.5. The lowest BCUT2D eigenvalue weighted by Crippen LogP contribution is -2.43. The summed E-state index contributed by atoms with van der Waals surface area (Å²) in [6.07, 6.45) is 0. The molecule has 0 aromatic heterocycles. The van der Waals surface area contributed by atoms with Crippen LogP contribution in [0.15, 0.2) is 0 Å². The minimum absolute atomic E-state index is 0. The number of carboxylic acid groups (broad SMARTS) is 4. The molecule has 0 fully saturated rings. The van der Waals surface area contributed by atoms with Gasteiger partial charge in [0.05, 0.1) is 26.2 Å². The van der Waals surface area contributed by atoms with Crippen LogP contribution < -0.4 is 6.15 Å². The van der Waals surface area contributed by atoms with Crippen molar-refractivity contribution in [3.63, 3.8) is 0 Å². The van der Waals surface area contributed by atoms with Crippen LogP contribution in [0.25, 0.3) is 0 Å². The first kappa shape index (κ1) is 21.1. The van der Waals surface area contributed by atoms with E-state index in [1.807, 2.05) is 0 Å². The molecule has 0 atom stereocenters. The summed E-state index contributed by atoms with van der Waals surface area (Å²) in [5, 5.41) is 34.5. The quantitative estimate of drug-likeness (QED) is 0.294. The van der Waals surface area contributed by atoms with Crippen LogP contribution in [-0.4, -0.2) is 93.4 Å². The number of nitrogens with zero attached hydrogens (tertiary/aromatic N) is 2. The average Bonchev–Trinajstić information content (AvgIpc) is 2.22. The molecule has 0 aromatic rings.